The minimum absolute atomic E-state index is 0.275. The van der Waals surface area contributed by atoms with Crippen LogP contribution in [0.1, 0.15) is 50.7 Å². The van der Waals surface area contributed by atoms with Crippen LogP contribution in [0.2, 0.25) is 0 Å². The van der Waals surface area contributed by atoms with E-state index in [2.05, 4.69) is 25.7 Å². The first-order chi connectivity index (χ1) is 19.5. The minimum Gasteiger partial charge on any atom is -0.465 e. The van der Waals surface area contributed by atoms with Gasteiger partial charge in [0.25, 0.3) is 0 Å². The molecule has 1 aliphatic rings. The van der Waals surface area contributed by atoms with Crippen LogP contribution in [0.25, 0.3) is 5.69 Å². The number of aromatic nitrogens is 2. The number of benzene rings is 2. The molecular weight excluding hydrogens is 558 g/mol. The zero-order chi connectivity index (χ0) is 29.5. The molecule has 0 unspecified atom stereocenters. The summed E-state index contributed by atoms with van der Waals surface area (Å²) >= 11 is 5.89. The maximum absolute atomic E-state index is 12.6. The van der Waals surface area contributed by atoms with Gasteiger partial charge in [-0.1, -0.05) is 18.2 Å². The molecule has 0 radical (unpaired) electrons. The van der Waals surface area contributed by atoms with Crippen LogP contribution in [0.3, 0.4) is 0 Å². The SMILES string of the molecule is COC(=O)c1ccccc1-n1c(C)cc([C@@H]2[C@@H](c3ccccn3)NC(=S)N2c2ccc(NS(C)(=O)=O)c(C)c2)c1C. The van der Waals surface area contributed by atoms with E-state index in [1.807, 2.05) is 74.2 Å². The van der Waals surface area contributed by atoms with Gasteiger partial charge in [-0.05, 0) is 92.6 Å². The number of hydrogen-bond donors (Lipinski definition) is 2. The molecule has 1 fully saturated rings. The molecule has 4 aromatic rings. The lowest BCUT2D eigenvalue weighted by molar-refractivity contribution is 0.0600. The highest BCUT2D eigenvalue weighted by molar-refractivity contribution is 7.92. The van der Waals surface area contributed by atoms with Crippen LogP contribution in [-0.2, 0) is 14.8 Å². The highest BCUT2D eigenvalue weighted by atomic mass is 32.2. The van der Waals surface area contributed by atoms with Gasteiger partial charge in [0.05, 0.1) is 48.1 Å². The van der Waals surface area contributed by atoms with Crippen LogP contribution in [0, 0.1) is 20.8 Å². The fraction of sp³-hybridized carbons (Fsp3) is 0.233. The second kappa shape index (κ2) is 11.0. The predicted octanol–water partition coefficient (Wildman–Crippen LogP) is 5.13. The zero-order valence-corrected chi connectivity index (χ0v) is 25.0. The van der Waals surface area contributed by atoms with E-state index in [9.17, 15) is 13.2 Å². The number of rotatable bonds is 7. The number of methoxy groups -OCH3 is 1. The molecule has 0 aliphatic carbocycles. The molecule has 0 saturated carbocycles. The third kappa shape index (κ3) is 5.42. The molecule has 5 rings (SSSR count). The van der Waals surface area contributed by atoms with Crippen molar-refractivity contribution >= 4 is 44.7 Å². The van der Waals surface area contributed by atoms with Gasteiger partial charge < -0.3 is 19.5 Å². The summed E-state index contributed by atoms with van der Waals surface area (Å²) in [7, 11) is -2.06. The standard InChI is InChI=1S/C30H31N5O4S2/c1-18-16-21(13-14-24(18)33-41(5,37)38)35-28(27(32-30(35)40)25-11-8-9-15-31-25)23-17-19(2)34(20(23)3)26-12-7-6-10-22(26)29(36)39-4/h6-17,27-28,33H,1-5H3,(H,32,40)/t27-,28-/m1/s1. The minimum atomic E-state index is -3.43. The molecule has 2 aromatic carbocycles. The van der Waals surface area contributed by atoms with Crippen molar-refractivity contribution < 1.29 is 17.9 Å². The maximum Gasteiger partial charge on any atom is 0.339 e. The molecule has 0 spiro atoms. The Labute approximate surface area is 245 Å². The van der Waals surface area contributed by atoms with E-state index in [0.29, 0.717) is 16.4 Å². The first-order valence-corrected chi connectivity index (χ1v) is 15.3. The molecule has 3 heterocycles. The summed E-state index contributed by atoms with van der Waals surface area (Å²) in [5.41, 5.74) is 6.97. The average molecular weight is 590 g/mol. The second-order valence-corrected chi connectivity index (χ2v) is 12.2. The normalized spacial score (nSPS) is 16.9. The van der Waals surface area contributed by atoms with E-state index in [1.54, 1.807) is 18.3 Å². The smallest absolute Gasteiger partial charge is 0.339 e. The van der Waals surface area contributed by atoms with E-state index in [-0.39, 0.29) is 12.1 Å². The van der Waals surface area contributed by atoms with Crippen molar-refractivity contribution in [1.29, 1.82) is 0 Å². The lowest BCUT2D eigenvalue weighted by Gasteiger charge is -2.29. The Balaban J connectivity index is 1.67. The number of anilines is 2. The van der Waals surface area contributed by atoms with Crippen molar-refractivity contribution in [2.45, 2.75) is 32.9 Å². The highest BCUT2D eigenvalue weighted by Crippen LogP contribution is 2.44. The molecule has 0 amide bonds. The van der Waals surface area contributed by atoms with Gasteiger partial charge in [0, 0.05) is 23.3 Å². The molecule has 1 saturated heterocycles. The van der Waals surface area contributed by atoms with Gasteiger partial charge in [-0.15, -0.1) is 0 Å². The fourth-order valence-corrected chi connectivity index (χ4v) is 6.44. The molecule has 2 N–H and O–H groups in total. The monoisotopic (exact) mass is 589 g/mol. The Bertz CT molecular complexity index is 1750. The number of carbonyl (C=O) groups is 1. The van der Waals surface area contributed by atoms with Crippen molar-refractivity contribution in [3.63, 3.8) is 0 Å². The quantitative estimate of drug-likeness (QED) is 0.226. The maximum atomic E-state index is 12.6. The van der Waals surface area contributed by atoms with Crippen molar-refractivity contribution in [1.82, 2.24) is 14.9 Å². The Kier molecular flexibility index (Phi) is 7.58. The molecule has 0 bridgehead atoms. The number of hydrogen-bond acceptors (Lipinski definition) is 6. The van der Waals surface area contributed by atoms with Gasteiger partial charge in [-0.25, -0.2) is 13.2 Å². The molecule has 9 nitrogen and oxygen atoms in total. The Morgan fingerprint density at radius 3 is 2.44 bits per heavy atom. The van der Waals surface area contributed by atoms with Crippen LogP contribution in [0.15, 0.2) is 72.9 Å². The third-order valence-electron chi connectivity index (χ3n) is 7.22. The molecule has 212 valence electrons. The largest absolute Gasteiger partial charge is 0.465 e. The predicted molar refractivity (Wildman–Crippen MR) is 164 cm³/mol. The summed E-state index contributed by atoms with van der Waals surface area (Å²) in [6.07, 6.45) is 2.88. The first kappa shape index (κ1) is 28.3. The van der Waals surface area contributed by atoms with Gasteiger partial charge in [-0.3, -0.25) is 9.71 Å². The van der Waals surface area contributed by atoms with Crippen LogP contribution >= 0.6 is 12.2 Å². The topological polar surface area (TPSA) is 106 Å². The first-order valence-electron chi connectivity index (χ1n) is 13.0. The molecule has 41 heavy (non-hydrogen) atoms. The number of nitrogens with zero attached hydrogens (tertiary/aromatic N) is 3. The summed E-state index contributed by atoms with van der Waals surface area (Å²) in [5.74, 6) is -0.412. The Hall–Kier alpha value is -4.22. The number of ether oxygens (including phenoxy) is 1. The van der Waals surface area contributed by atoms with Crippen LogP contribution in [0.5, 0.6) is 0 Å². The number of pyridine rings is 1. The second-order valence-electron chi connectivity index (χ2n) is 10.0. The average Bonchev–Trinajstić information content (AvgIpc) is 3.43. The Morgan fingerprint density at radius 2 is 1.78 bits per heavy atom. The number of para-hydroxylation sites is 1. The highest BCUT2D eigenvalue weighted by Gasteiger charge is 2.42. The number of carbonyl (C=O) groups excluding carboxylic acids is 1. The number of sulfonamides is 1. The number of thiocarbonyl (C=S) groups is 1. The van der Waals surface area contributed by atoms with Crippen LogP contribution in [-0.4, -0.2) is 42.4 Å². The van der Waals surface area contributed by atoms with E-state index in [0.717, 1.165) is 45.8 Å². The van der Waals surface area contributed by atoms with Gasteiger partial charge in [0.1, 0.15) is 0 Å². The van der Waals surface area contributed by atoms with Gasteiger partial charge >= 0.3 is 5.97 Å². The molecular formula is C30H31N5O4S2. The number of esters is 1. The van der Waals surface area contributed by atoms with Crippen molar-refractivity contribution in [2.75, 3.05) is 23.0 Å². The van der Waals surface area contributed by atoms with E-state index < -0.39 is 16.0 Å². The molecule has 1 aliphatic heterocycles. The summed E-state index contributed by atoms with van der Waals surface area (Å²) in [6, 6.07) is 20.2. The lowest BCUT2D eigenvalue weighted by atomic mass is 9.96. The number of aryl methyl sites for hydroxylation is 2. The summed E-state index contributed by atoms with van der Waals surface area (Å²) in [5, 5.41) is 4.00. The molecule has 2 aromatic heterocycles. The van der Waals surface area contributed by atoms with Gasteiger partial charge in [0.15, 0.2) is 5.11 Å². The number of nitrogens with one attached hydrogen (secondary N) is 2. The van der Waals surface area contributed by atoms with Crippen LogP contribution in [0.4, 0.5) is 11.4 Å². The molecule has 11 heteroatoms. The zero-order valence-electron chi connectivity index (χ0n) is 23.4. The summed E-state index contributed by atoms with van der Waals surface area (Å²) in [4.78, 5) is 19.3. The lowest BCUT2D eigenvalue weighted by Crippen LogP contribution is -2.29. The van der Waals surface area contributed by atoms with Gasteiger partial charge in [0.2, 0.25) is 10.0 Å². The Morgan fingerprint density at radius 1 is 1.05 bits per heavy atom. The fourth-order valence-electron chi connectivity index (χ4n) is 5.47. The van der Waals surface area contributed by atoms with E-state index >= 15 is 0 Å². The van der Waals surface area contributed by atoms with Gasteiger partial charge in [-0.2, -0.15) is 0 Å². The van der Waals surface area contributed by atoms with E-state index in [1.165, 1.54) is 7.11 Å². The molecule has 2 atom stereocenters. The summed E-state index contributed by atoms with van der Waals surface area (Å²) in [6.45, 7) is 5.88. The van der Waals surface area contributed by atoms with Crippen LogP contribution < -0.4 is 14.9 Å². The third-order valence-corrected chi connectivity index (χ3v) is 8.13. The van der Waals surface area contributed by atoms with Crippen molar-refractivity contribution in [2.24, 2.45) is 0 Å². The van der Waals surface area contributed by atoms with Crippen molar-refractivity contribution in [3.05, 3.63) is 107 Å². The summed E-state index contributed by atoms with van der Waals surface area (Å²) < 4.78 is 33.4. The van der Waals surface area contributed by atoms with Crippen molar-refractivity contribution in [3.8, 4) is 5.69 Å². The van der Waals surface area contributed by atoms with E-state index in [4.69, 9.17) is 17.0 Å².